The highest BCUT2D eigenvalue weighted by molar-refractivity contribution is 5.89. The lowest BCUT2D eigenvalue weighted by atomic mass is 10.1. The summed E-state index contributed by atoms with van der Waals surface area (Å²) in [4.78, 5) is 23.3. The molecule has 0 unspecified atom stereocenters. The first-order chi connectivity index (χ1) is 20.7. The van der Waals surface area contributed by atoms with Crippen molar-refractivity contribution in [2.45, 2.75) is 13.8 Å². The van der Waals surface area contributed by atoms with Gasteiger partial charge in [0.05, 0.1) is 0 Å². The molecule has 0 aliphatic carbocycles. The fourth-order valence-electron chi connectivity index (χ4n) is 3.75. The lowest BCUT2D eigenvalue weighted by Crippen LogP contribution is -2.07. The van der Waals surface area contributed by atoms with E-state index in [1.165, 1.54) is 6.07 Å². The van der Waals surface area contributed by atoms with Crippen LogP contribution in [0.5, 0.6) is 11.5 Å². The molecule has 0 amide bonds. The fraction of sp³-hybridized carbons (Fsp3) is 0.0526. The second-order valence-corrected chi connectivity index (χ2v) is 9.93. The van der Waals surface area contributed by atoms with E-state index in [0.717, 1.165) is 27.8 Å². The fourth-order valence-corrected chi connectivity index (χ4v) is 3.75. The van der Waals surface area contributed by atoms with E-state index in [0.29, 0.717) is 28.2 Å². The molecule has 0 aliphatic heterocycles. The maximum Gasteiger partial charge on any atom is 0.338 e. The van der Waals surface area contributed by atoms with E-state index in [2.05, 4.69) is 13.2 Å². The van der Waals surface area contributed by atoms with Crippen molar-refractivity contribution in [3.05, 3.63) is 154 Å². The number of esters is 2. The second kappa shape index (κ2) is 14.4. The van der Waals surface area contributed by atoms with Crippen molar-refractivity contribution in [1.82, 2.24) is 0 Å². The van der Waals surface area contributed by atoms with Gasteiger partial charge in [0, 0.05) is 16.7 Å². The van der Waals surface area contributed by atoms with E-state index in [4.69, 9.17) is 9.47 Å². The van der Waals surface area contributed by atoms with Crippen LogP contribution < -0.4 is 9.47 Å². The maximum atomic E-state index is 14.8. The third kappa shape index (κ3) is 9.23. The summed E-state index contributed by atoms with van der Waals surface area (Å²) in [5.41, 5.74) is 5.72. The monoisotopic (exact) mass is 570 g/mol. The summed E-state index contributed by atoms with van der Waals surface area (Å²) in [5.74, 6) is -0.356. The molecule has 4 rings (SSSR count). The Morgan fingerprint density at radius 1 is 0.535 bits per heavy atom. The Bertz CT molecular complexity index is 1720. The van der Waals surface area contributed by atoms with E-state index in [9.17, 15) is 14.0 Å². The molecule has 4 aromatic carbocycles. The minimum Gasteiger partial charge on any atom is -0.423 e. The van der Waals surface area contributed by atoms with Crippen molar-refractivity contribution < 1.29 is 23.5 Å². The van der Waals surface area contributed by atoms with Crippen LogP contribution >= 0.6 is 0 Å². The summed E-state index contributed by atoms with van der Waals surface area (Å²) in [6.07, 6.45) is 11.3. The molecule has 0 radical (unpaired) electrons. The summed E-state index contributed by atoms with van der Waals surface area (Å²) in [5, 5.41) is 0. The zero-order valence-corrected chi connectivity index (χ0v) is 24.0. The summed E-state index contributed by atoms with van der Waals surface area (Å²) >= 11 is 0. The molecule has 214 valence electrons. The van der Waals surface area contributed by atoms with Crippen LogP contribution in [0.25, 0.3) is 36.5 Å². The molecule has 0 bridgehead atoms. The van der Waals surface area contributed by atoms with Crippen LogP contribution in [-0.2, 0) is 9.59 Å². The van der Waals surface area contributed by atoms with Crippen LogP contribution in [0.3, 0.4) is 0 Å². The Morgan fingerprint density at radius 3 is 1.23 bits per heavy atom. The first-order valence-electron chi connectivity index (χ1n) is 13.6. The predicted molar refractivity (Wildman–Crippen MR) is 173 cm³/mol. The molecule has 5 heteroatoms. The third-order valence-corrected chi connectivity index (χ3v) is 6.23. The van der Waals surface area contributed by atoms with Gasteiger partial charge in [-0.1, -0.05) is 110 Å². The third-order valence-electron chi connectivity index (χ3n) is 6.23. The van der Waals surface area contributed by atoms with Gasteiger partial charge in [-0.05, 0) is 72.0 Å². The minimum absolute atomic E-state index is 0.325. The molecule has 4 nitrogen and oxygen atoms in total. The molecule has 0 aliphatic rings. The molecule has 0 atom stereocenters. The molecule has 0 spiro atoms. The Morgan fingerprint density at radius 2 is 0.860 bits per heavy atom. The average Bonchev–Trinajstić information content (AvgIpc) is 3.00. The number of benzene rings is 4. The maximum absolute atomic E-state index is 14.8. The van der Waals surface area contributed by atoms with Gasteiger partial charge >= 0.3 is 11.9 Å². The number of rotatable bonds is 10. The molecule has 43 heavy (non-hydrogen) atoms. The van der Waals surface area contributed by atoms with Crippen molar-refractivity contribution in [3.63, 3.8) is 0 Å². The molecular formula is C38H31FO4. The van der Waals surface area contributed by atoms with Gasteiger partial charge in [-0.2, -0.15) is 0 Å². The molecule has 4 aromatic rings. The molecule has 0 fully saturated rings. The smallest absolute Gasteiger partial charge is 0.338 e. The highest BCUT2D eigenvalue weighted by atomic mass is 19.1. The highest BCUT2D eigenvalue weighted by Crippen LogP contribution is 2.20. The average molecular weight is 571 g/mol. The minimum atomic E-state index is -0.477. The van der Waals surface area contributed by atoms with E-state index < -0.39 is 11.9 Å². The SMILES string of the molecule is C=C(C)C(=O)Oc1ccc(C=Cc2ccc(C=Cc3ccc(C=Cc4ccc(OC(=O)C(=C)C)cc4)c(F)c3)cc2)cc1. The highest BCUT2D eigenvalue weighted by Gasteiger charge is 2.06. The molecular weight excluding hydrogens is 539 g/mol. The molecule has 0 saturated carbocycles. The Hall–Kier alpha value is -5.55. The Labute approximate surface area is 251 Å². The number of hydrogen-bond donors (Lipinski definition) is 0. The van der Waals surface area contributed by atoms with Crippen molar-refractivity contribution >= 4 is 48.4 Å². The quantitative estimate of drug-likeness (QED) is 0.0825. The topological polar surface area (TPSA) is 52.6 Å². The van der Waals surface area contributed by atoms with Crippen molar-refractivity contribution in [3.8, 4) is 11.5 Å². The molecule has 0 saturated heterocycles. The summed E-state index contributed by atoms with van der Waals surface area (Å²) in [6.45, 7) is 10.3. The van der Waals surface area contributed by atoms with Crippen LogP contribution in [0.4, 0.5) is 4.39 Å². The number of halogens is 1. The number of carbonyl (C=O) groups is 2. The van der Waals surface area contributed by atoms with Crippen LogP contribution in [0.15, 0.2) is 115 Å². The first-order valence-corrected chi connectivity index (χ1v) is 13.6. The second-order valence-electron chi connectivity index (χ2n) is 9.93. The lowest BCUT2D eigenvalue weighted by molar-refractivity contribution is -0.130. The van der Waals surface area contributed by atoms with Crippen LogP contribution in [0.2, 0.25) is 0 Å². The van der Waals surface area contributed by atoms with E-state index >= 15 is 0 Å². The van der Waals surface area contributed by atoms with E-state index in [1.807, 2.05) is 66.8 Å². The standard InChI is InChI=1S/C38H31FO4/c1-26(2)37(40)42-34-21-15-30(16-22-34)10-9-28-5-7-29(8-6-28)11-12-32-14-20-33(36(39)25-32)19-13-31-17-23-35(24-18-31)43-38(41)27(3)4/h5-25H,1,3H2,2,4H3. The number of hydrogen-bond acceptors (Lipinski definition) is 4. The van der Waals surface area contributed by atoms with Crippen molar-refractivity contribution in [2.75, 3.05) is 0 Å². The normalized spacial score (nSPS) is 11.2. The molecule has 0 N–H and O–H groups in total. The van der Waals surface area contributed by atoms with Crippen molar-refractivity contribution in [2.24, 2.45) is 0 Å². The Balaban J connectivity index is 1.32. The summed E-state index contributed by atoms with van der Waals surface area (Å²) in [7, 11) is 0. The van der Waals surface area contributed by atoms with E-state index in [1.54, 1.807) is 68.5 Å². The van der Waals surface area contributed by atoms with Gasteiger partial charge in [0.15, 0.2) is 0 Å². The van der Waals surface area contributed by atoms with Crippen LogP contribution in [0.1, 0.15) is 47.2 Å². The van der Waals surface area contributed by atoms with Crippen molar-refractivity contribution in [1.29, 1.82) is 0 Å². The summed E-state index contributed by atoms with van der Waals surface area (Å²) in [6, 6.07) is 27.3. The Kier molecular flexibility index (Phi) is 10.2. The van der Waals surface area contributed by atoms with Crippen LogP contribution in [-0.4, -0.2) is 11.9 Å². The predicted octanol–water partition coefficient (Wildman–Crippen LogP) is 9.30. The zero-order valence-electron chi connectivity index (χ0n) is 24.0. The van der Waals surface area contributed by atoms with Gasteiger partial charge < -0.3 is 9.47 Å². The van der Waals surface area contributed by atoms with Gasteiger partial charge in [0.2, 0.25) is 0 Å². The largest absolute Gasteiger partial charge is 0.423 e. The number of carbonyl (C=O) groups excluding carboxylic acids is 2. The van der Waals surface area contributed by atoms with Gasteiger partial charge in [-0.3, -0.25) is 0 Å². The van der Waals surface area contributed by atoms with E-state index in [-0.39, 0.29) is 5.82 Å². The van der Waals surface area contributed by atoms with Gasteiger partial charge in [-0.15, -0.1) is 0 Å². The number of ether oxygens (including phenoxy) is 2. The molecule has 0 heterocycles. The lowest BCUT2D eigenvalue weighted by Gasteiger charge is -2.04. The summed E-state index contributed by atoms with van der Waals surface area (Å²) < 4.78 is 25.2. The van der Waals surface area contributed by atoms with Gasteiger partial charge in [0.25, 0.3) is 0 Å². The first kappa shape index (κ1) is 30.4. The zero-order chi connectivity index (χ0) is 30.8. The van der Waals surface area contributed by atoms with Gasteiger partial charge in [0.1, 0.15) is 17.3 Å². The van der Waals surface area contributed by atoms with Crippen LogP contribution in [0, 0.1) is 5.82 Å². The van der Waals surface area contributed by atoms with Gasteiger partial charge in [-0.25, -0.2) is 14.0 Å². The molecule has 0 aromatic heterocycles.